The van der Waals surface area contributed by atoms with Crippen LogP contribution in [-0.4, -0.2) is 68.7 Å². The normalized spacial score (nSPS) is 15.2. The topological polar surface area (TPSA) is 52.1 Å². The van der Waals surface area contributed by atoms with Crippen LogP contribution in [0.3, 0.4) is 0 Å². The van der Waals surface area contributed by atoms with E-state index >= 15 is 0 Å². The van der Waals surface area contributed by atoms with Crippen molar-refractivity contribution in [3.05, 3.63) is 65.7 Å². The number of nitrogens with zero attached hydrogens (tertiary/aromatic N) is 3. The molecule has 0 bridgehead atoms. The molecule has 7 heteroatoms. The third kappa shape index (κ3) is 9.45. The maximum atomic E-state index is 5.73. The van der Waals surface area contributed by atoms with Crippen molar-refractivity contribution in [3.8, 4) is 5.75 Å². The summed E-state index contributed by atoms with van der Waals surface area (Å²) in [6.45, 7) is 10.5. The van der Waals surface area contributed by atoms with Crippen LogP contribution < -0.4 is 15.4 Å². The molecule has 0 saturated carbocycles. The average molecular weight is 537 g/mol. The lowest BCUT2D eigenvalue weighted by Gasteiger charge is -2.32. The van der Waals surface area contributed by atoms with Gasteiger partial charge in [-0.1, -0.05) is 42.5 Å². The van der Waals surface area contributed by atoms with Crippen molar-refractivity contribution >= 4 is 29.9 Å². The SMILES string of the molecule is CCNC(=NCc1ccc(CN2CCN(C)CC2)cc1)NCCOc1ccccc1.I. The number of para-hydroxylation sites is 1. The van der Waals surface area contributed by atoms with Gasteiger partial charge in [-0.3, -0.25) is 4.90 Å². The van der Waals surface area contributed by atoms with E-state index in [2.05, 4.69) is 58.7 Å². The molecule has 1 fully saturated rings. The Kier molecular flexibility index (Phi) is 11.7. The first kappa shape index (κ1) is 25.4. The van der Waals surface area contributed by atoms with E-state index in [0.29, 0.717) is 19.7 Å². The fraction of sp³-hybridized carbons (Fsp3) is 0.458. The Balaban J connectivity index is 0.00000341. The van der Waals surface area contributed by atoms with Crippen molar-refractivity contribution in [3.63, 3.8) is 0 Å². The molecular weight excluding hydrogens is 501 g/mol. The van der Waals surface area contributed by atoms with Gasteiger partial charge in [0.1, 0.15) is 12.4 Å². The summed E-state index contributed by atoms with van der Waals surface area (Å²) in [5, 5.41) is 6.63. The number of nitrogens with one attached hydrogen (secondary N) is 2. The second-order valence-electron chi connectivity index (χ2n) is 7.68. The van der Waals surface area contributed by atoms with Crippen molar-refractivity contribution in [2.24, 2.45) is 4.99 Å². The van der Waals surface area contributed by atoms with Crippen LogP contribution in [0.2, 0.25) is 0 Å². The first-order valence-electron chi connectivity index (χ1n) is 10.9. The molecule has 3 rings (SSSR count). The second kappa shape index (κ2) is 14.3. The summed E-state index contributed by atoms with van der Waals surface area (Å²) >= 11 is 0. The van der Waals surface area contributed by atoms with Gasteiger partial charge in [0.15, 0.2) is 5.96 Å². The number of rotatable bonds is 9. The number of aliphatic imine (C=N–C) groups is 1. The Bertz CT molecular complexity index is 761. The summed E-state index contributed by atoms with van der Waals surface area (Å²) in [5.41, 5.74) is 2.59. The molecule has 0 atom stereocenters. The van der Waals surface area contributed by atoms with Gasteiger partial charge in [0.2, 0.25) is 0 Å². The largest absolute Gasteiger partial charge is 0.492 e. The van der Waals surface area contributed by atoms with Crippen LogP contribution in [0.1, 0.15) is 18.1 Å². The molecule has 0 unspecified atom stereocenters. The van der Waals surface area contributed by atoms with E-state index < -0.39 is 0 Å². The molecule has 1 heterocycles. The van der Waals surface area contributed by atoms with Crippen molar-refractivity contribution < 1.29 is 4.74 Å². The van der Waals surface area contributed by atoms with Gasteiger partial charge in [0, 0.05) is 39.3 Å². The third-order valence-electron chi connectivity index (χ3n) is 5.20. The number of guanidine groups is 1. The number of likely N-dealkylation sites (N-methyl/N-ethyl adjacent to an activating group) is 1. The lowest BCUT2D eigenvalue weighted by atomic mass is 10.1. The minimum absolute atomic E-state index is 0. The van der Waals surface area contributed by atoms with E-state index in [4.69, 9.17) is 9.73 Å². The number of piperazine rings is 1. The molecular formula is C24H36IN5O. The number of halogens is 1. The Morgan fingerprint density at radius 2 is 1.61 bits per heavy atom. The second-order valence-corrected chi connectivity index (χ2v) is 7.68. The van der Waals surface area contributed by atoms with Crippen molar-refractivity contribution in [1.29, 1.82) is 0 Å². The fourth-order valence-corrected chi connectivity index (χ4v) is 3.38. The van der Waals surface area contributed by atoms with Crippen LogP contribution in [0.4, 0.5) is 0 Å². The Morgan fingerprint density at radius 3 is 2.29 bits per heavy atom. The van der Waals surface area contributed by atoms with E-state index in [1.54, 1.807) is 0 Å². The number of ether oxygens (including phenoxy) is 1. The van der Waals surface area contributed by atoms with E-state index in [9.17, 15) is 0 Å². The van der Waals surface area contributed by atoms with Gasteiger partial charge in [0.05, 0.1) is 13.1 Å². The van der Waals surface area contributed by atoms with Gasteiger partial charge in [-0.2, -0.15) is 0 Å². The van der Waals surface area contributed by atoms with Crippen molar-refractivity contribution in [1.82, 2.24) is 20.4 Å². The van der Waals surface area contributed by atoms with E-state index in [-0.39, 0.29) is 24.0 Å². The van der Waals surface area contributed by atoms with Crippen LogP contribution in [0.25, 0.3) is 0 Å². The van der Waals surface area contributed by atoms with Crippen molar-refractivity contribution in [2.45, 2.75) is 20.0 Å². The predicted octanol–water partition coefficient (Wildman–Crippen LogP) is 3.19. The first-order valence-corrected chi connectivity index (χ1v) is 10.9. The minimum Gasteiger partial charge on any atom is -0.492 e. The zero-order valence-electron chi connectivity index (χ0n) is 18.7. The van der Waals surface area contributed by atoms with Crippen LogP contribution >= 0.6 is 24.0 Å². The average Bonchev–Trinajstić information content (AvgIpc) is 2.78. The lowest BCUT2D eigenvalue weighted by molar-refractivity contribution is 0.148. The molecule has 0 spiro atoms. The van der Waals surface area contributed by atoms with Gasteiger partial charge < -0.3 is 20.3 Å². The molecule has 31 heavy (non-hydrogen) atoms. The molecule has 170 valence electrons. The van der Waals surface area contributed by atoms with Crippen molar-refractivity contribution in [2.75, 3.05) is 52.9 Å². The molecule has 1 saturated heterocycles. The van der Waals surface area contributed by atoms with Gasteiger partial charge in [-0.05, 0) is 37.2 Å². The highest BCUT2D eigenvalue weighted by Gasteiger charge is 2.13. The first-order chi connectivity index (χ1) is 14.7. The van der Waals surface area contributed by atoms with Crippen LogP contribution in [0.5, 0.6) is 5.75 Å². The predicted molar refractivity (Wildman–Crippen MR) is 139 cm³/mol. The highest BCUT2D eigenvalue weighted by molar-refractivity contribution is 14.0. The zero-order chi connectivity index (χ0) is 21.0. The summed E-state index contributed by atoms with van der Waals surface area (Å²) in [7, 11) is 2.19. The van der Waals surface area contributed by atoms with E-state index in [0.717, 1.165) is 51.0 Å². The molecule has 0 aliphatic carbocycles. The summed E-state index contributed by atoms with van der Waals surface area (Å²) in [4.78, 5) is 9.62. The maximum absolute atomic E-state index is 5.73. The maximum Gasteiger partial charge on any atom is 0.191 e. The lowest BCUT2D eigenvalue weighted by Crippen LogP contribution is -2.43. The number of hydrogen-bond donors (Lipinski definition) is 2. The van der Waals surface area contributed by atoms with E-state index in [1.807, 2.05) is 30.3 Å². The van der Waals surface area contributed by atoms with Gasteiger partial charge >= 0.3 is 0 Å². The fourth-order valence-electron chi connectivity index (χ4n) is 3.38. The molecule has 6 nitrogen and oxygen atoms in total. The highest BCUT2D eigenvalue weighted by Crippen LogP contribution is 2.10. The van der Waals surface area contributed by atoms with Crippen LogP contribution in [0, 0.1) is 0 Å². The van der Waals surface area contributed by atoms with E-state index in [1.165, 1.54) is 11.1 Å². The summed E-state index contributed by atoms with van der Waals surface area (Å²) in [6.07, 6.45) is 0. The Labute approximate surface area is 204 Å². The molecule has 2 N–H and O–H groups in total. The van der Waals surface area contributed by atoms with Crippen LogP contribution in [0.15, 0.2) is 59.6 Å². The smallest absolute Gasteiger partial charge is 0.191 e. The Morgan fingerprint density at radius 1 is 0.935 bits per heavy atom. The molecule has 1 aliphatic rings. The molecule has 1 aliphatic heterocycles. The number of hydrogen-bond acceptors (Lipinski definition) is 4. The zero-order valence-corrected chi connectivity index (χ0v) is 21.0. The molecule has 2 aromatic carbocycles. The molecule has 0 aromatic heterocycles. The van der Waals surface area contributed by atoms with Crippen LogP contribution in [-0.2, 0) is 13.1 Å². The monoisotopic (exact) mass is 537 g/mol. The summed E-state index contributed by atoms with van der Waals surface area (Å²) in [6, 6.07) is 18.7. The highest BCUT2D eigenvalue weighted by atomic mass is 127. The summed E-state index contributed by atoms with van der Waals surface area (Å²) < 4.78 is 5.73. The standard InChI is InChI=1S/C24H35N5O.HI/c1-3-25-24(26-13-18-30-23-7-5-4-6-8-23)27-19-21-9-11-22(12-10-21)20-29-16-14-28(2)15-17-29;/h4-12H,3,13-20H2,1-2H3,(H2,25,26,27);1H. The third-order valence-corrected chi connectivity index (χ3v) is 5.20. The quantitative estimate of drug-likeness (QED) is 0.223. The summed E-state index contributed by atoms with van der Waals surface area (Å²) in [5.74, 6) is 1.70. The molecule has 0 amide bonds. The minimum atomic E-state index is 0. The van der Waals surface area contributed by atoms with Gasteiger partial charge in [-0.25, -0.2) is 4.99 Å². The van der Waals surface area contributed by atoms with Gasteiger partial charge in [0.25, 0.3) is 0 Å². The number of benzene rings is 2. The molecule has 2 aromatic rings. The Hall–Kier alpha value is -1.84. The van der Waals surface area contributed by atoms with Gasteiger partial charge in [-0.15, -0.1) is 24.0 Å². The molecule has 0 radical (unpaired) electrons.